The fraction of sp³-hybridized carbons (Fsp3) is 0.375. The molecule has 0 atom stereocenters. The average molecular weight is 502 g/mol. The van der Waals surface area contributed by atoms with Crippen LogP contribution in [0, 0.1) is 5.82 Å². The molecule has 1 fully saturated rings. The van der Waals surface area contributed by atoms with Gasteiger partial charge < -0.3 is 19.1 Å². The van der Waals surface area contributed by atoms with Crippen molar-refractivity contribution in [2.45, 2.75) is 38.8 Å². The first kappa shape index (κ1) is 25.1. The summed E-state index contributed by atoms with van der Waals surface area (Å²) in [7, 11) is 1.85. The summed E-state index contributed by atoms with van der Waals surface area (Å²) >= 11 is 0. The van der Waals surface area contributed by atoms with Crippen molar-refractivity contribution in [3.05, 3.63) is 53.9 Å². The van der Waals surface area contributed by atoms with Crippen LogP contribution in [0.2, 0.25) is 0 Å². The minimum Gasteiger partial charge on any atom is -0.415 e. The van der Waals surface area contributed by atoms with Crippen LogP contribution in [0.25, 0.3) is 11.5 Å². The van der Waals surface area contributed by atoms with Gasteiger partial charge in [0, 0.05) is 39.3 Å². The van der Waals surface area contributed by atoms with Crippen molar-refractivity contribution in [1.29, 1.82) is 0 Å². The number of hydrogen-bond acceptors (Lipinski definition) is 7. The standard InChI is InChI=1S/C24H25F3N6O3/c1-15(35)32-10-8-18(9-11-32)31(2)20-5-3-4-19(25)21(20)33(14-34)13-17-7-6-16(12-28-17)23-29-30-24(36-23)22(26)27/h3-7,12,14,18,22H,8-11,13H2,1-2H3. The number of halogens is 3. The van der Waals surface area contributed by atoms with Gasteiger partial charge in [-0.05, 0) is 37.1 Å². The van der Waals surface area contributed by atoms with Gasteiger partial charge >= 0.3 is 6.43 Å². The van der Waals surface area contributed by atoms with E-state index in [1.165, 1.54) is 17.2 Å². The van der Waals surface area contributed by atoms with Gasteiger partial charge in [-0.15, -0.1) is 10.2 Å². The first-order valence-corrected chi connectivity index (χ1v) is 11.3. The zero-order valence-corrected chi connectivity index (χ0v) is 19.8. The highest BCUT2D eigenvalue weighted by Gasteiger charge is 2.27. The van der Waals surface area contributed by atoms with Crippen molar-refractivity contribution in [2.75, 3.05) is 29.9 Å². The van der Waals surface area contributed by atoms with E-state index in [4.69, 9.17) is 4.42 Å². The number of piperidine rings is 1. The maximum Gasteiger partial charge on any atom is 0.314 e. The quantitative estimate of drug-likeness (QED) is 0.432. The highest BCUT2D eigenvalue weighted by molar-refractivity contribution is 5.84. The van der Waals surface area contributed by atoms with Crippen molar-refractivity contribution in [3.63, 3.8) is 0 Å². The fourth-order valence-electron chi connectivity index (χ4n) is 4.27. The van der Waals surface area contributed by atoms with E-state index < -0.39 is 18.1 Å². The van der Waals surface area contributed by atoms with E-state index in [1.54, 1.807) is 36.1 Å². The van der Waals surface area contributed by atoms with Gasteiger partial charge in [0.15, 0.2) is 0 Å². The molecule has 0 aliphatic carbocycles. The molecule has 3 heterocycles. The second-order valence-electron chi connectivity index (χ2n) is 8.47. The molecular formula is C24H25F3N6O3. The van der Waals surface area contributed by atoms with Crippen LogP contribution in [0.3, 0.4) is 0 Å². The molecule has 36 heavy (non-hydrogen) atoms. The summed E-state index contributed by atoms with van der Waals surface area (Å²) in [4.78, 5) is 32.9. The molecule has 0 unspecified atom stereocenters. The maximum atomic E-state index is 15.0. The summed E-state index contributed by atoms with van der Waals surface area (Å²) in [6.45, 7) is 2.74. The normalized spacial score (nSPS) is 14.2. The summed E-state index contributed by atoms with van der Waals surface area (Å²) in [5.74, 6) is -1.42. The lowest BCUT2D eigenvalue weighted by molar-refractivity contribution is -0.129. The van der Waals surface area contributed by atoms with Crippen LogP contribution in [0.5, 0.6) is 0 Å². The Balaban J connectivity index is 1.53. The molecule has 0 radical (unpaired) electrons. The van der Waals surface area contributed by atoms with Gasteiger partial charge in [0.05, 0.1) is 23.5 Å². The Morgan fingerprint density at radius 3 is 2.56 bits per heavy atom. The number of anilines is 2. The average Bonchev–Trinajstić information content (AvgIpc) is 3.38. The van der Waals surface area contributed by atoms with Crippen molar-refractivity contribution in [1.82, 2.24) is 20.1 Å². The van der Waals surface area contributed by atoms with Crippen LogP contribution >= 0.6 is 0 Å². The molecule has 12 heteroatoms. The molecule has 9 nitrogen and oxygen atoms in total. The van der Waals surface area contributed by atoms with Crippen molar-refractivity contribution in [3.8, 4) is 11.5 Å². The summed E-state index contributed by atoms with van der Waals surface area (Å²) in [6, 6.07) is 7.81. The number of aromatic nitrogens is 3. The van der Waals surface area contributed by atoms with E-state index in [-0.39, 0.29) is 30.1 Å². The second kappa shape index (κ2) is 10.8. The number of likely N-dealkylation sites (tertiary alicyclic amines) is 1. The maximum absolute atomic E-state index is 15.0. The molecule has 190 valence electrons. The lowest BCUT2D eigenvalue weighted by atomic mass is 10.0. The number of para-hydroxylation sites is 1. The van der Waals surface area contributed by atoms with Crippen molar-refractivity contribution >= 4 is 23.7 Å². The highest BCUT2D eigenvalue weighted by Crippen LogP contribution is 2.35. The van der Waals surface area contributed by atoms with Crippen LogP contribution in [-0.2, 0) is 16.1 Å². The Kier molecular flexibility index (Phi) is 7.51. The van der Waals surface area contributed by atoms with Crippen LogP contribution in [0.1, 0.15) is 37.8 Å². The molecule has 2 amide bonds. The second-order valence-corrected chi connectivity index (χ2v) is 8.47. The van der Waals surface area contributed by atoms with Gasteiger partial charge in [0.25, 0.3) is 5.89 Å². The number of rotatable bonds is 8. The molecular weight excluding hydrogens is 477 g/mol. The molecule has 1 aromatic carbocycles. The summed E-state index contributed by atoms with van der Waals surface area (Å²) < 4.78 is 45.4. The van der Waals surface area contributed by atoms with Crippen molar-refractivity contribution in [2.24, 2.45) is 0 Å². The smallest absolute Gasteiger partial charge is 0.314 e. The van der Waals surface area contributed by atoms with Gasteiger partial charge in [0.1, 0.15) is 11.5 Å². The molecule has 1 aliphatic rings. The van der Waals surface area contributed by atoms with E-state index in [9.17, 15) is 18.4 Å². The van der Waals surface area contributed by atoms with Gasteiger partial charge in [-0.25, -0.2) is 4.39 Å². The third-order valence-electron chi connectivity index (χ3n) is 6.25. The van der Waals surface area contributed by atoms with Crippen LogP contribution in [0.15, 0.2) is 40.9 Å². The number of amides is 2. The SMILES string of the molecule is CC(=O)N1CCC(N(C)c2cccc(F)c2N(C=O)Cc2ccc(-c3nnc(C(F)F)o3)cn2)CC1. The Morgan fingerprint density at radius 2 is 1.97 bits per heavy atom. The Morgan fingerprint density at radius 1 is 1.22 bits per heavy atom. The van der Waals surface area contributed by atoms with Crippen LogP contribution in [0.4, 0.5) is 24.5 Å². The Hall–Kier alpha value is -3.96. The number of pyridine rings is 1. The third-order valence-corrected chi connectivity index (χ3v) is 6.25. The number of nitrogens with zero attached hydrogens (tertiary/aromatic N) is 6. The number of hydrogen-bond donors (Lipinski definition) is 0. The molecule has 1 saturated heterocycles. The Labute approximate surface area is 205 Å². The molecule has 0 spiro atoms. The third kappa shape index (κ3) is 5.31. The lowest BCUT2D eigenvalue weighted by Crippen LogP contribution is -2.45. The molecule has 0 bridgehead atoms. The van der Waals surface area contributed by atoms with Crippen LogP contribution < -0.4 is 9.80 Å². The molecule has 4 rings (SSSR count). The highest BCUT2D eigenvalue weighted by atomic mass is 19.3. The Bertz CT molecular complexity index is 1210. The van der Waals surface area contributed by atoms with Gasteiger partial charge in [0.2, 0.25) is 18.2 Å². The largest absolute Gasteiger partial charge is 0.415 e. The predicted molar refractivity (Wildman–Crippen MR) is 125 cm³/mol. The number of benzene rings is 1. The molecule has 0 saturated carbocycles. The molecule has 3 aromatic rings. The summed E-state index contributed by atoms with van der Waals surface area (Å²) in [5.41, 5.74) is 1.43. The predicted octanol–water partition coefficient (Wildman–Crippen LogP) is 3.82. The molecule has 2 aromatic heterocycles. The zero-order valence-electron chi connectivity index (χ0n) is 19.8. The molecule has 0 N–H and O–H groups in total. The lowest BCUT2D eigenvalue weighted by Gasteiger charge is -2.38. The van der Waals surface area contributed by atoms with Crippen molar-refractivity contribution < 1.29 is 27.2 Å². The first-order chi connectivity index (χ1) is 17.3. The van der Waals surface area contributed by atoms with E-state index in [2.05, 4.69) is 15.2 Å². The van der Waals surface area contributed by atoms with Gasteiger partial charge in [-0.2, -0.15) is 8.78 Å². The summed E-state index contributed by atoms with van der Waals surface area (Å²) in [5, 5.41) is 6.87. The minimum absolute atomic E-state index is 0.0273. The first-order valence-electron chi connectivity index (χ1n) is 11.3. The number of alkyl halides is 2. The minimum atomic E-state index is -2.88. The van der Waals surface area contributed by atoms with E-state index in [1.807, 2.05) is 11.9 Å². The van der Waals surface area contributed by atoms with E-state index in [0.29, 0.717) is 36.4 Å². The van der Waals surface area contributed by atoms with Crippen LogP contribution in [-0.4, -0.2) is 58.6 Å². The number of carbonyl (C=O) groups is 2. The zero-order chi connectivity index (χ0) is 25.8. The van der Waals surface area contributed by atoms with E-state index in [0.717, 1.165) is 12.8 Å². The monoisotopic (exact) mass is 502 g/mol. The fourth-order valence-corrected chi connectivity index (χ4v) is 4.27. The van der Waals surface area contributed by atoms with Gasteiger partial charge in [-0.1, -0.05) is 6.07 Å². The van der Waals surface area contributed by atoms with Gasteiger partial charge in [-0.3, -0.25) is 14.6 Å². The number of carbonyl (C=O) groups excluding carboxylic acids is 2. The summed E-state index contributed by atoms with van der Waals surface area (Å²) in [6.07, 6.45) is 0.460. The van der Waals surface area contributed by atoms with E-state index >= 15 is 4.39 Å². The topological polar surface area (TPSA) is 95.7 Å². The molecule has 1 aliphatic heterocycles.